The van der Waals surface area contributed by atoms with Gasteiger partial charge in [-0.15, -0.1) is 0 Å². The summed E-state index contributed by atoms with van der Waals surface area (Å²) in [5.74, 6) is 0. The van der Waals surface area contributed by atoms with E-state index >= 15 is 0 Å². The number of hydrazone groups is 1. The Morgan fingerprint density at radius 1 is 0.952 bits per heavy atom. The molecule has 114 valence electrons. The molecule has 0 bridgehead atoms. The van der Waals surface area contributed by atoms with Gasteiger partial charge in [0, 0.05) is 0 Å². The summed E-state index contributed by atoms with van der Waals surface area (Å²) in [5.41, 5.74) is 5.02. The molecule has 0 aromatic heterocycles. The van der Waals surface area contributed by atoms with Gasteiger partial charge in [0.1, 0.15) is 5.71 Å². The molecule has 1 aromatic carbocycles. The Kier molecular flexibility index (Phi) is 5.14. The van der Waals surface area contributed by atoms with Crippen molar-refractivity contribution in [2.75, 3.05) is 5.12 Å². The van der Waals surface area contributed by atoms with Crippen LogP contribution in [-0.4, -0.2) is 13.3 Å². The maximum Gasteiger partial charge on any atom is 0.234 e. The highest BCUT2D eigenvalue weighted by Crippen LogP contribution is 2.38. The Morgan fingerprint density at radius 3 is 2.00 bits per heavy atom. The van der Waals surface area contributed by atoms with Crippen molar-refractivity contribution in [3.63, 3.8) is 0 Å². The number of nitrogens with one attached hydrogen (secondary N) is 1. The summed E-state index contributed by atoms with van der Waals surface area (Å²) in [4.78, 5) is 0. The van der Waals surface area contributed by atoms with Gasteiger partial charge >= 0.3 is 0 Å². The van der Waals surface area contributed by atoms with Crippen LogP contribution in [0.5, 0.6) is 0 Å². The number of anilines is 1. The fraction of sp³-hybridized carbons (Fsp3) is 0.250. The summed E-state index contributed by atoms with van der Waals surface area (Å²) in [7, 11) is 0. The average Bonchev–Trinajstić information content (AvgIpc) is 2.37. The lowest BCUT2D eigenvalue weighted by atomic mass is 10.2. The van der Waals surface area contributed by atoms with Crippen molar-refractivity contribution in [2.24, 2.45) is 5.10 Å². The monoisotopic (exact) mass is 405 g/mol. The smallest absolute Gasteiger partial charge is 0.234 e. The summed E-state index contributed by atoms with van der Waals surface area (Å²) in [6.45, 7) is 1.97. The largest absolute Gasteiger partial charge is 0.278 e. The summed E-state index contributed by atoms with van der Waals surface area (Å²) in [6, 6.07) is 7.50. The molecule has 1 aromatic rings. The molecular weight excluding hydrogens is 399 g/mol. The molecule has 0 saturated carbocycles. The van der Waals surface area contributed by atoms with Crippen LogP contribution in [0.3, 0.4) is 0 Å². The number of alkyl halides is 6. The number of aryl methyl sites for hydroxylation is 1. The van der Waals surface area contributed by atoms with Crippen LogP contribution in [0.15, 0.2) is 41.1 Å². The number of benzene rings is 1. The second-order valence-corrected chi connectivity index (χ2v) is 8.86. The second kappa shape index (κ2) is 6.23. The van der Waals surface area contributed by atoms with E-state index in [1.54, 1.807) is 0 Å². The third-order valence-corrected chi connectivity index (χ3v) is 3.78. The molecule has 1 N–H and O–H groups in total. The van der Waals surface area contributed by atoms with Crippen LogP contribution in [0.25, 0.3) is 0 Å². The van der Waals surface area contributed by atoms with Crippen LogP contribution in [0.1, 0.15) is 5.56 Å². The number of nitrogens with zero attached hydrogens (tertiary/aromatic N) is 2. The van der Waals surface area contributed by atoms with E-state index in [1.165, 1.54) is 11.2 Å². The lowest BCUT2D eigenvalue weighted by molar-refractivity contribution is 0.712. The van der Waals surface area contributed by atoms with Crippen molar-refractivity contribution in [3.05, 3.63) is 41.6 Å². The van der Waals surface area contributed by atoms with Crippen molar-refractivity contribution in [1.29, 1.82) is 0 Å². The van der Waals surface area contributed by atoms with Crippen molar-refractivity contribution >= 4 is 81.0 Å². The molecule has 0 unspecified atom stereocenters. The van der Waals surface area contributed by atoms with Crippen LogP contribution in [-0.2, 0) is 0 Å². The maximum atomic E-state index is 5.89. The molecule has 0 radical (unpaired) electrons. The first kappa shape index (κ1) is 17.3. The average molecular weight is 408 g/mol. The van der Waals surface area contributed by atoms with Crippen LogP contribution in [0, 0.1) is 6.92 Å². The number of halogens is 6. The van der Waals surface area contributed by atoms with Crippen molar-refractivity contribution in [1.82, 2.24) is 5.43 Å². The SMILES string of the molecule is Cc1ccc(N2N=C(C(Cl)(Cl)Cl)C=C(C(Cl)(Cl)Cl)N2)cc1. The summed E-state index contributed by atoms with van der Waals surface area (Å²) in [6.07, 6.45) is 1.39. The van der Waals surface area contributed by atoms with Crippen molar-refractivity contribution < 1.29 is 0 Å². The van der Waals surface area contributed by atoms with Gasteiger partial charge in [0.05, 0.1) is 11.4 Å². The van der Waals surface area contributed by atoms with Gasteiger partial charge in [0.15, 0.2) is 0 Å². The molecule has 1 heterocycles. The summed E-state index contributed by atoms with van der Waals surface area (Å²) in [5, 5.41) is 5.59. The molecule has 0 saturated heterocycles. The predicted molar refractivity (Wildman–Crippen MR) is 92.9 cm³/mol. The molecule has 1 aliphatic rings. The summed E-state index contributed by atoms with van der Waals surface area (Å²) >= 11 is 35.3. The third kappa shape index (κ3) is 4.47. The van der Waals surface area contributed by atoms with Crippen LogP contribution >= 0.6 is 69.6 Å². The highest BCUT2D eigenvalue weighted by Gasteiger charge is 2.36. The molecule has 21 heavy (non-hydrogen) atoms. The molecule has 0 spiro atoms. The quantitative estimate of drug-likeness (QED) is 0.639. The van der Waals surface area contributed by atoms with Crippen LogP contribution < -0.4 is 10.5 Å². The molecule has 3 nitrogen and oxygen atoms in total. The zero-order chi connectivity index (χ0) is 15.8. The van der Waals surface area contributed by atoms with Gasteiger partial charge in [-0.2, -0.15) is 10.2 Å². The molecule has 9 heteroatoms. The standard InChI is InChI=1S/C12H9Cl6N3/c1-7-2-4-8(5-3-7)21-19-9(11(13,14)15)6-10(20-21)12(16,17)18/h2-6,19H,1H3. The number of hydrazine groups is 1. The fourth-order valence-electron chi connectivity index (χ4n) is 1.54. The molecule has 0 fully saturated rings. The maximum absolute atomic E-state index is 5.89. The first-order valence-corrected chi connectivity index (χ1v) is 7.92. The lowest BCUT2D eigenvalue weighted by Crippen LogP contribution is -2.43. The Hall–Kier alpha value is -0.0300. The number of allylic oxidation sites excluding steroid dienone is 2. The van der Waals surface area contributed by atoms with Crippen LogP contribution in [0.2, 0.25) is 0 Å². The van der Waals surface area contributed by atoms with E-state index < -0.39 is 7.59 Å². The molecule has 0 atom stereocenters. The molecule has 1 aliphatic heterocycles. The Balaban J connectivity index is 2.43. The van der Waals surface area contributed by atoms with Gasteiger partial charge in [-0.3, -0.25) is 5.43 Å². The third-order valence-electron chi connectivity index (χ3n) is 2.59. The van der Waals surface area contributed by atoms with Gasteiger partial charge in [0.25, 0.3) is 0 Å². The molecule has 0 aliphatic carbocycles. The van der Waals surface area contributed by atoms with Crippen molar-refractivity contribution in [2.45, 2.75) is 14.5 Å². The number of hydrogen-bond donors (Lipinski definition) is 1. The topological polar surface area (TPSA) is 27.6 Å². The normalized spacial score (nSPS) is 16.2. The highest BCUT2D eigenvalue weighted by molar-refractivity contribution is 6.78. The molecule has 0 amide bonds. The van der Waals surface area contributed by atoms with E-state index in [2.05, 4.69) is 10.5 Å². The number of hydrogen-bond acceptors (Lipinski definition) is 3. The van der Waals surface area contributed by atoms with E-state index in [4.69, 9.17) is 69.6 Å². The van der Waals surface area contributed by atoms with Gasteiger partial charge < -0.3 is 0 Å². The second-order valence-electron chi connectivity index (χ2n) is 4.30. The van der Waals surface area contributed by atoms with E-state index in [1.807, 2.05) is 31.2 Å². The zero-order valence-corrected chi connectivity index (χ0v) is 15.1. The minimum absolute atomic E-state index is 0.133. The lowest BCUT2D eigenvalue weighted by Gasteiger charge is -2.31. The minimum atomic E-state index is -1.74. The molecular formula is C12H9Cl6N3. The van der Waals surface area contributed by atoms with E-state index in [0.29, 0.717) is 5.69 Å². The van der Waals surface area contributed by atoms with E-state index in [0.717, 1.165) is 5.56 Å². The predicted octanol–water partition coefficient (Wildman–Crippen LogP) is 5.30. The first-order valence-electron chi connectivity index (χ1n) is 5.65. The van der Waals surface area contributed by atoms with Crippen molar-refractivity contribution in [3.8, 4) is 0 Å². The Bertz CT molecular complexity index is 582. The highest BCUT2D eigenvalue weighted by atomic mass is 35.6. The van der Waals surface area contributed by atoms with Gasteiger partial charge in [-0.1, -0.05) is 87.3 Å². The van der Waals surface area contributed by atoms with Gasteiger partial charge in [-0.25, -0.2) is 0 Å². The number of rotatable bonds is 1. The Morgan fingerprint density at radius 2 is 1.52 bits per heavy atom. The van der Waals surface area contributed by atoms with Gasteiger partial charge in [-0.05, 0) is 25.1 Å². The Labute approximate surface area is 152 Å². The zero-order valence-electron chi connectivity index (χ0n) is 10.5. The van der Waals surface area contributed by atoms with Gasteiger partial charge in [0.2, 0.25) is 7.59 Å². The minimum Gasteiger partial charge on any atom is -0.278 e. The molecule has 2 rings (SSSR count). The fourth-order valence-corrected chi connectivity index (χ4v) is 2.10. The summed E-state index contributed by atoms with van der Waals surface area (Å²) < 4.78 is -3.45. The first-order chi connectivity index (χ1) is 9.57. The van der Waals surface area contributed by atoms with Crippen LogP contribution in [0.4, 0.5) is 5.69 Å². The van der Waals surface area contributed by atoms with E-state index in [-0.39, 0.29) is 11.4 Å². The van der Waals surface area contributed by atoms with E-state index in [9.17, 15) is 0 Å².